The van der Waals surface area contributed by atoms with Gasteiger partial charge in [-0.2, -0.15) is 11.8 Å². The molecule has 1 aliphatic rings. The van der Waals surface area contributed by atoms with E-state index in [2.05, 4.69) is 37.5 Å². The summed E-state index contributed by atoms with van der Waals surface area (Å²) in [5, 5.41) is 10.4. The summed E-state index contributed by atoms with van der Waals surface area (Å²) in [6, 6.07) is 9.44. The van der Waals surface area contributed by atoms with Gasteiger partial charge in [0, 0.05) is 31.6 Å². The molecular formula is C49H71N11O11S. The predicted octanol–water partition coefficient (Wildman–Crippen LogP) is -1.43. The minimum atomic E-state index is -1.71. The number of Topliss-reactive ketones (excluding diaryl/α,β-unsaturated/α-hetero) is 4. The molecule has 2 aromatic rings. The van der Waals surface area contributed by atoms with Gasteiger partial charge in [-0.15, -0.1) is 0 Å². The van der Waals surface area contributed by atoms with E-state index in [4.69, 9.17) is 17.3 Å². The zero-order valence-electron chi connectivity index (χ0n) is 41.4. The van der Waals surface area contributed by atoms with E-state index in [0.29, 0.717) is 12.0 Å². The van der Waals surface area contributed by atoms with Gasteiger partial charge in [0.2, 0.25) is 64.5 Å². The Kier molecular flexibility index (Phi) is 25.9. The molecule has 0 aromatic heterocycles. The Labute approximate surface area is 423 Å². The number of rotatable bonds is 22. The Morgan fingerprint density at radius 2 is 1.42 bits per heavy atom. The smallest absolute Gasteiger partial charge is 0.245 e. The maximum absolute atomic E-state index is 14.8. The van der Waals surface area contributed by atoms with Crippen molar-refractivity contribution in [3.63, 3.8) is 0 Å². The average molecular weight is 1020 g/mol. The number of carbonyl (C=O) groups excluding carboxylic acids is 11. The van der Waals surface area contributed by atoms with Crippen LogP contribution in [0.5, 0.6) is 0 Å². The fraction of sp³-hybridized carbons (Fsp3) is 0.531. The molecule has 0 saturated carbocycles. The van der Waals surface area contributed by atoms with Gasteiger partial charge in [-0.3, -0.25) is 64.0 Å². The number of hydrogen-bond donors (Lipinski definition) is 10. The highest BCUT2D eigenvalue weighted by Crippen LogP contribution is 2.16. The third-order valence-electron chi connectivity index (χ3n) is 11.8. The molecule has 0 spiro atoms. The first kappa shape index (κ1) is 59.9. The van der Waals surface area contributed by atoms with Gasteiger partial charge in [0.15, 0.2) is 0 Å². The van der Waals surface area contributed by atoms with Crippen molar-refractivity contribution in [1.29, 1.82) is 0 Å². The van der Waals surface area contributed by atoms with E-state index in [9.17, 15) is 52.7 Å². The van der Waals surface area contributed by atoms with Crippen LogP contribution < -0.4 is 54.9 Å². The number of primary amides is 2. The lowest BCUT2D eigenvalue weighted by atomic mass is 9.90. The summed E-state index contributed by atoms with van der Waals surface area (Å²) >= 11 is 1.22. The first-order chi connectivity index (χ1) is 34.2. The van der Waals surface area contributed by atoms with E-state index < -0.39 is 126 Å². The number of carbonyl (C=O) groups is 11. The number of benzene rings is 2. The minimum absolute atomic E-state index is 0.0172. The van der Waals surface area contributed by atoms with E-state index in [1.54, 1.807) is 76.2 Å². The van der Waals surface area contributed by atoms with Crippen molar-refractivity contribution in [3.8, 4) is 0 Å². The van der Waals surface area contributed by atoms with E-state index in [0.717, 1.165) is 5.56 Å². The molecule has 394 valence electrons. The molecule has 0 radical (unpaired) electrons. The zero-order valence-corrected chi connectivity index (χ0v) is 42.2. The van der Waals surface area contributed by atoms with Crippen LogP contribution >= 0.6 is 11.8 Å². The second-order valence-electron chi connectivity index (χ2n) is 18.1. The predicted molar refractivity (Wildman–Crippen MR) is 268 cm³/mol. The SMILES string of the molecule is CC[C@H](C)C1NN[C@@H](CCC(N)=O)C(=O)N[C@@H](CC(N)=O)C(=O)N[C@H](C(=O)N(CCc2ccccc2)CC(=O)N[C@@H](CC(C)C)C(=O)C(=O)CNN)CCSCCC(=O)N[C@@H](Cc2ccccc2)C(=O)C1=O. The van der Waals surface area contributed by atoms with Gasteiger partial charge in [0.25, 0.3) is 0 Å². The van der Waals surface area contributed by atoms with Crippen molar-refractivity contribution in [1.82, 2.24) is 42.4 Å². The molecule has 1 unspecified atom stereocenters. The summed E-state index contributed by atoms with van der Waals surface area (Å²) in [5.74, 6) is -4.53. The number of nitrogens with one attached hydrogen (secondary N) is 7. The molecule has 23 heteroatoms. The number of amides is 7. The van der Waals surface area contributed by atoms with Crippen LogP contribution in [0, 0.1) is 11.8 Å². The zero-order chi connectivity index (χ0) is 53.3. The third kappa shape index (κ3) is 20.7. The Balaban J connectivity index is 2.09. The summed E-state index contributed by atoms with van der Waals surface area (Å²) < 4.78 is 0. The van der Waals surface area contributed by atoms with E-state index in [-0.39, 0.29) is 68.9 Å². The van der Waals surface area contributed by atoms with E-state index in [1.165, 1.54) is 16.7 Å². The Morgan fingerprint density at radius 1 is 0.778 bits per heavy atom. The largest absolute Gasteiger partial charge is 0.370 e. The number of thioether (sulfide) groups is 1. The molecule has 0 bridgehead atoms. The molecule has 72 heavy (non-hydrogen) atoms. The topological polar surface area (TPSA) is 353 Å². The van der Waals surface area contributed by atoms with Crippen LogP contribution in [0.2, 0.25) is 0 Å². The fourth-order valence-corrected chi connectivity index (χ4v) is 8.60. The number of nitrogens with two attached hydrogens (primary N) is 3. The lowest BCUT2D eigenvalue weighted by Gasteiger charge is -2.30. The normalized spacial score (nSPS) is 20.8. The Morgan fingerprint density at radius 3 is 2.01 bits per heavy atom. The maximum Gasteiger partial charge on any atom is 0.245 e. The lowest BCUT2D eigenvalue weighted by molar-refractivity contribution is -0.142. The summed E-state index contributed by atoms with van der Waals surface area (Å²) in [6.45, 7) is 5.89. The van der Waals surface area contributed by atoms with Gasteiger partial charge in [-0.05, 0) is 54.4 Å². The third-order valence-corrected chi connectivity index (χ3v) is 12.8. The summed E-state index contributed by atoms with van der Waals surface area (Å²) in [4.78, 5) is 150. The molecule has 22 nitrogen and oxygen atoms in total. The Bertz CT molecular complexity index is 2200. The molecule has 1 heterocycles. The second kappa shape index (κ2) is 31.1. The molecule has 1 aliphatic heterocycles. The number of nitrogens with zero attached hydrogens (tertiary/aromatic N) is 1. The summed E-state index contributed by atoms with van der Waals surface area (Å²) in [6.07, 6.45) is -0.941. The van der Waals surface area contributed by atoms with Crippen molar-refractivity contribution in [2.45, 2.75) is 122 Å². The molecular weight excluding hydrogens is 951 g/mol. The highest BCUT2D eigenvalue weighted by atomic mass is 32.2. The molecule has 7 atom stereocenters. The van der Waals surface area contributed by atoms with Gasteiger partial charge < -0.3 is 37.6 Å². The summed E-state index contributed by atoms with van der Waals surface area (Å²) in [7, 11) is 0. The number of hydrazine groups is 2. The van der Waals surface area contributed by atoms with Crippen LogP contribution in [-0.2, 0) is 65.6 Å². The van der Waals surface area contributed by atoms with Gasteiger partial charge in [0.05, 0.1) is 37.6 Å². The van der Waals surface area contributed by atoms with Crippen molar-refractivity contribution < 1.29 is 52.7 Å². The molecule has 1 fully saturated rings. The molecule has 7 amide bonds. The fourth-order valence-electron chi connectivity index (χ4n) is 7.67. The van der Waals surface area contributed by atoms with Crippen LogP contribution in [-0.4, -0.2) is 137 Å². The lowest BCUT2D eigenvalue weighted by Crippen LogP contribution is -2.61. The maximum atomic E-state index is 14.8. The quantitative estimate of drug-likeness (QED) is 0.0367. The highest BCUT2D eigenvalue weighted by Gasteiger charge is 2.37. The molecule has 0 aliphatic carbocycles. The van der Waals surface area contributed by atoms with Crippen molar-refractivity contribution in [2.24, 2.45) is 29.1 Å². The van der Waals surface area contributed by atoms with Crippen molar-refractivity contribution in [3.05, 3.63) is 71.8 Å². The summed E-state index contributed by atoms with van der Waals surface area (Å²) in [5.41, 5.74) is 20.1. The van der Waals surface area contributed by atoms with Gasteiger partial charge in [0.1, 0.15) is 18.1 Å². The first-order valence-corrected chi connectivity index (χ1v) is 25.2. The molecule has 2 aromatic carbocycles. The van der Waals surface area contributed by atoms with Crippen molar-refractivity contribution >= 4 is 76.2 Å². The molecule has 1 saturated heterocycles. The number of ketones is 4. The van der Waals surface area contributed by atoms with Crippen molar-refractivity contribution in [2.75, 3.05) is 31.1 Å². The number of hydrogen-bond acceptors (Lipinski definition) is 16. The first-order valence-electron chi connectivity index (χ1n) is 24.0. The van der Waals surface area contributed by atoms with E-state index in [1.807, 2.05) is 12.1 Å². The second-order valence-corrected chi connectivity index (χ2v) is 19.3. The van der Waals surface area contributed by atoms with Crippen LogP contribution in [0.1, 0.15) is 83.8 Å². The van der Waals surface area contributed by atoms with E-state index >= 15 is 0 Å². The monoisotopic (exact) mass is 1020 g/mol. The van der Waals surface area contributed by atoms with Crippen LogP contribution in [0.15, 0.2) is 60.7 Å². The van der Waals surface area contributed by atoms with Crippen LogP contribution in [0.3, 0.4) is 0 Å². The minimum Gasteiger partial charge on any atom is -0.370 e. The van der Waals surface area contributed by atoms with Crippen LogP contribution in [0.4, 0.5) is 0 Å². The molecule has 13 N–H and O–H groups in total. The van der Waals surface area contributed by atoms with Crippen LogP contribution in [0.25, 0.3) is 0 Å². The van der Waals surface area contributed by atoms with Gasteiger partial charge in [-0.1, -0.05) is 94.8 Å². The molecule has 3 rings (SSSR count). The Hall–Kier alpha value is -6.40. The average Bonchev–Trinajstić information content (AvgIpc) is 3.34. The standard InChI is InChI=1S/C49H71N11O11S/c1-5-30(4)43-46(68)45(67)36(25-32-14-10-7-11-15-32)54-41(64)20-23-72-22-19-34(56-48(70)37(26-40(51)63)57-47(69)33(58-59-43)16-17-39(50)62)49(71)60(21-18-31-12-8-6-9-13-31)28-42(65)55-35(24-29(2)3)44(66)38(61)27-53-52/h6-15,29-30,33-37,43,53,58-59H,5,16-28,52H2,1-4H3,(H2,50,62)(H2,51,63)(H,54,64)(H,55,65)(H,56,70)(H,57,69)/t30-,33-,34-,35-,36-,37-,43?/m0/s1. The van der Waals surface area contributed by atoms with Gasteiger partial charge in [-0.25, -0.2) is 10.9 Å². The highest BCUT2D eigenvalue weighted by molar-refractivity contribution is 7.99. The van der Waals surface area contributed by atoms with Gasteiger partial charge >= 0.3 is 0 Å².